The number of aliphatic hydroxyl groups is 1. The minimum atomic E-state index is -1.81. The lowest BCUT2D eigenvalue weighted by atomic mass is 9.88. The van der Waals surface area contributed by atoms with Crippen LogP contribution >= 0.6 is 0 Å². The van der Waals surface area contributed by atoms with E-state index in [2.05, 4.69) is 0 Å². The van der Waals surface area contributed by atoms with E-state index in [0.29, 0.717) is 17.8 Å². The fourth-order valence-corrected chi connectivity index (χ4v) is 3.88. The van der Waals surface area contributed by atoms with Crippen molar-refractivity contribution in [3.63, 3.8) is 0 Å². The van der Waals surface area contributed by atoms with Gasteiger partial charge in [0.05, 0.1) is 18.3 Å². The number of hydrogen-bond donors (Lipinski definition) is 1. The molecule has 5 heteroatoms. The molecule has 1 amide bonds. The van der Waals surface area contributed by atoms with Gasteiger partial charge in [0.1, 0.15) is 11.5 Å². The molecule has 0 radical (unpaired) electrons. The predicted octanol–water partition coefficient (Wildman–Crippen LogP) is 3.80. The second kappa shape index (κ2) is 7.40. The molecule has 0 bridgehead atoms. The van der Waals surface area contributed by atoms with Crippen LogP contribution in [0.4, 0.5) is 5.69 Å². The fraction of sp³-hybridized carbons (Fsp3) is 0.391. The summed E-state index contributed by atoms with van der Waals surface area (Å²) < 4.78 is 5.67. The van der Waals surface area contributed by atoms with Crippen molar-refractivity contribution in [3.8, 4) is 5.75 Å². The van der Waals surface area contributed by atoms with Crippen molar-refractivity contribution in [2.45, 2.75) is 59.3 Å². The summed E-state index contributed by atoms with van der Waals surface area (Å²) in [6.07, 6.45) is -0.135. The van der Waals surface area contributed by atoms with Gasteiger partial charge >= 0.3 is 0 Å². The number of nitrogens with zero attached hydrogens (tertiary/aromatic N) is 1. The van der Waals surface area contributed by atoms with Gasteiger partial charge in [-0.25, -0.2) is 0 Å². The standard InChI is InChI=1S/C23H27NO4/c1-14(2)28-19-8-6-18(7-9-19)13-24-21-16(4)10-15(3)11-20(21)23(27,22(24)26)12-17(5)25/h6-11,14,27H,12-13H2,1-5H3/t23-/m1/s1. The zero-order valence-corrected chi connectivity index (χ0v) is 17.1. The number of carbonyl (C=O) groups excluding carboxylic acids is 2. The second-order valence-electron chi connectivity index (χ2n) is 7.92. The molecule has 0 saturated heterocycles. The van der Waals surface area contributed by atoms with Crippen LogP contribution in [0, 0.1) is 13.8 Å². The second-order valence-corrected chi connectivity index (χ2v) is 7.92. The van der Waals surface area contributed by atoms with Crippen LogP contribution in [0.25, 0.3) is 0 Å². The molecule has 1 N–H and O–H groups in total. The number of anilines is 1. The normalized spacial score (nSPS) is 18.5. The maximum Gasteiger partial charge on any atom is 0.264 e. The molecule has 1 aliphatic rings. The lowest BCUT2D eigenvalue weighted by molar-refractivity contribution is -0.141. The lowest BCUT2D eigenvalue weighted by Crippen LogP contribution is -2.41. The monoisotopic (exact) mass is 381 g/mol. The molecular formula is C23H27NO4. The molecule has 0 aromatic heterocycles. The third-order valence-electron chi connectivity index (χ3n) is 4.90. The molecule has 1 heterocycles. The van der Waals surface area contributed by atoms with E-state index in [1.807, 2.05) is 64.1 Å². The molecule has 5 nitrogen and oxygen atoms in total. The Labute approximate surface area is 165 Å². The number of benzene rings is 2. The summed E-state index contributed by atoms with van der Waals surface area (Å²) in [5, 5.41) is 11.2. The van der Waals surface area contributed by atoms with Crippen LogP contribution in [0.15, 0.2) is 36.4 Å². The van der Waals surface area contributed by atoms with E-state index < -0.39 is 11.5 Å². The number of ether oxygens (including phenoxy) is 1. The van der Waals surface area contributed by atoms with E-state index in [4.69, 9.17) is 4.74 Å². The Kier molecular flexibility index (Phi) is 5.31. The minimum absolute atomic E-state index is 0.0883. The summed E-state index contributed by atoms with van der Waals surface area (Å²) >= 11 is 0. The van der Waals surface area contributed by atoms with Crippen LogP contribution in [-0.2, 0) is 21.7 Å². The summed E-state index contributed by atoms with van der Waals surface area (Å²) in [5.74, 6) is 0.0960. The highest BCUT2D eigenvalue weighted by Gasteiger charge is 2.51. The molecule has 0 aliphatic carbocycles. The molecule has 0 spiro atoms. The van der Waals surface area contributed by atoms with Gasteiger partial charge < -0.3 is 14.7 Å². The highest BCUT2D eigenvalue weighted by molar-refractivity contribution is 6.09. The summed E-state index contributed by atoms with van der Waals surface area (Å²) in [4.78, 5) is 26.6. The molecule has 2 aromatic rings. The van der Waals surface area contributed by atoms with E-state index in [9.17, 15) is 14.7 Å². The highest BCUT2D eigenvalue weighted by atomic mass is 16.5. The van der Waals surface area contributed by atoms with Crippen molar-refractivity contribution in [2.24, 2.45) is 0 Å². The molecule has 28 heavy (non-hydrogen) atoms. The first-order valence-electron chi connectivity index (χ1n) is 9.53. The van der Waals surface area contributed by atoms with E-state index in [0.717, 1.165) is 22.4 Å². The van der Waals surface area contributed by atoms with Gasteiger partial charge in [-0.05, 0) is 57.9 Å². The summed E-state index contributed by atoms with van der Waals surface area (Å²) in [6.45, 7) is 9.48. The Morgan fingerprint density at radius 1 is 1.18 bits per heavy atom. The topological polar surface area (TPSA) is 66.8 Å². The van der Waals surface area contributed by atoms with Gasteiger partial charge in [-0.1, -0.05) is 29.8 Å². The molecule has 1 aliphatic heterocycles. The average molecular weight is 381 g/mol. The molecule has 2 aromatic carbocycles. The number of aryl methyl sites for hydroxylation is 2. The third-order valence-corrected chi connectivity index (χ3v) is 4.90. The minimum Gasteiger partial charge on any atom is -0.491 e. The quantitative estimate of drug-likeness (QED) is 0.826. The van der Waals surface area contributed by atoms with Gasteiger partial charge in [-0.2, -0.15) is 0 Å². The zero-order valence-electron chi connectivity index (χ0n) is 17.1. The van der Waals surface area contributed by atoms with E-state index >= 15 is 0 Å². The summed E-state index contributed by atoms with van der Waals surface area (Å²) in [6, 6.07) is 11.4. The van der Waals surface area contributed by atoms with Gasteiger partial charge in [-0.15, -0.1) is 0 Å². The molecule has 0 unspecified atom stereocenters. The van der Waals surface area contributed by atoms with E-state index in [1.54, 1.807) is 4.90 Å². The molecule has 148 valence electrons. The van der Waals surface area contributed by atoms with Gasteiger partial charge in [0, 0.05) is 12.0 Å². The molecule has 1 atom stereocenters. The van der Waals surface area contributed by atoms with Crippen molar-refractivity contribution < 1.29 is 19.4 Å². The van der Waals surface area contributed by atoms with Gasteiger partial charge in [0.15, 0.2) is 5.60 Å². The highest BCUT2D eigenvalue weighted by Crippen LogP contribution is 2.45. The Balaban J connectivity index is 1.98. The van der Waals surface area contributed by atoms with Crippen LogP contribution in [-0.4, -0.2) is 22.9 Å². The SMILES string of the molecule is CC(=O)C[C@]1(O)C(=O)N(Cc2ccc(OC(C)C)cc2)c2c(C)cc(C)cc21. The van der Waals surface area contributed by atoms with Crippen molar-refractivity contribution in [1.29, 1.82) is 0 Å². The largest absolute Gasteiger partial charge is 0.491 e. The van der Waals surface area contributed by atoms with Crippen LogP contribution in [0.1, 0.15) is 49.4 Å². The summed E-state index contributed by atoms with van der Waals surface area (Å²) in [5.41, 5.74) is 2.18. The number of Topliss-reactive ketones (excluding diaryl/α,β-unsaturated/α-hetero) is 1. The first-order chi connectivity index (χ1) is 13.1. The summed E-state index contributed by atoms with van der Waals surface area (Å²) in [7, 11) is 0. The number of ketones is 1. The van der Waals surface area contributed by atoms with Crippen LogP contribution in [0.3, 0.4) is 0 Å². The lowest BCUT2D eigenvalue weighted by Gasteiger charge is -2.22. The third kappa shape index (κ3) is 3.67. The molecular weight excluding hydrogens is 354 g/mol. The van der Waals surface area contributed by atoms with Crippen molar-refractivity contribution in [2.75, 3.05) is 4.90 Å². The smallest absolute Gasteiger partial charge is 0.264 e. The Bertz CT molecular complexity index is 917. The fourth-order valence-electron chi connectivity index (χ4n) is 3.88. The number of hydrogen-bond acceptors (Lipinski definition) is 4. The first kappa shape index (κ1) is 20.1. The Morgan fingerprint density at radius 3 is 2.39 bits per heavy atom. The zero-order chi connectivity index (χ0) is 20.6. The average Bonchev–Trinajstić information content (AvgIpc) is 2.77. The number of amides is 1. The Morgan fingerprint density at radius 2 is 1.82 bits per heavy atom. The van der Waals surface area contributed by atoms with Crippen molar-refractivity contribution >= 4 is 17.4 Å². The number of rotatable bonds is 6. The number of carbonyl (C=O) groups is 2. The first-order valence-corrected chi connectivity index (χ1v) is 9.53. The van der Waals surface area contributed by atoms with Crippen molar-refractivity contribution in [1.82, 2.24) is 0 Å². The van der Waals surface area contributed by atoms with Crippen molar-refractivity contribution in [3.05, 3.63) is 58.7 Å². The van der Waals surface area contributed by atoms with E-state index in [-0.39, 0.29) is 18.3 Å². The van der Waals surface area contributed by atoms with Gasteiger partial charge in [0.2, 0.25) is 0 Å². The van der Waals surface area contributed by atoms with Gasteiger partial charge in [0.25, 0.3) is 5.91 Å². The van der Waals surface area contributed by atoms with Crippen LogP contribution in [0.5, 0.6) is 5.75 Å². The molecule has 0 fully saturated rings. The van der Waals surface area contributed by atoms with E-state index in [1.165, 1.54) is 6.92 Å². The maximum absolute atomic E-state index is 13.2. The predicted molar refractivity (Wildman–Crippen MR) is 109 cm³/mol. The number of fused-ring (bicyclic) bond motifs is 1. The van der Waals surface area contributed by atoms with Gasteiger partial charge in [-0.3, -0.25) is 9.59 Å². The molecule has 3 rings (SSSR count). The maximum atomic E-state index is 13.2. The molecule has 0 saturated carbocycles. The van der Waals surface area contributed by atoms with Crippen LogP contribution < -0.4 is 9.64 Å². The Hall–Kier alpha value is -2.66. The van der Waals surface area contributed by atoms with Crippen LogP contribution in [0.2, 0.25) is 0 Å².